The molecule has 0 radical (unpaired) electrons. The second kappa shape index (κ2) is 5.72. The smallest absolute Gasteiger partial charge is 0.125 e. The number of ether oxygens (including phenoxy) is 2. The quantitative estimate of drug-likeness (QED) is 0.839. The zero-order chi connectivity index (χ0) is 14.8. The Bertz CT molecular complexity index is 457. The Labute approximate surface area is 121 Å². The first-order chi connectivity index (χ1) is 9.36. The molecule has 0 aliphatic carbocycles. The van der Waals surface area contributed by atoms with Crippen LogP contribution in [0.25, 0.3) is 0 Å². The maximum Gasteiger partial charge on any atom is 0.125 e. The van der Waals surface area contributed by atoms with Gasteiger partial charge in [-0.15, -0.1) is 0 Å². The van der Waals surface area contributed by atoms with Crippen LogP contribution < -0.4 is 10.1 Å². The Hall–Kier alpha value is -1.10. The highest BCUT2D eigenvalue weighted by Gasteiger charge is 2.41. The molecule has 0 aromatic heterocycles. The summed E-state index contributed by atoms with van der Waals surface area (Å²) in [5, 5.41) is 13.8. The topological polar surface area (TPSA) is 50.7 Å². The van der Waals surface area contributed by atoms with Gasteiger partial charge in [0.05, 0.1) is 11.6 Å². The van der Waals surface area contributed by atoms with Crippen LogP contribution in [0.2, 0.25) is 0 Å². The number of para-hydroxylation sites is 1. The Morgan fingerprint density at radius 1 is 1.40 bits per heavy atom. The molecule has 4 nitrogen and oxygen atoms in total. The van der Waals surface area contributed by atoms with Gasteiger partial charge in [0.2, 0.25) is 0 Å². The van der Waals surface area contributed by atoms with E-state index in [4.69, 9.17) is 9.47 Å². The first-order valence-electron chi connectivity index (χ1n) is 7.08. The lowest BCUT2D eigenvalue weighted by Crippen LogP contribution is -2.46. The van der Waals surface area contributed by atoms with E-state index in [-0.39, 0.29) is 11.6 Å². The fourth-order valence-corrected chi connectivity index (χ4v) is 2.62. The minimum Gasteiger partial charge on any atom is -0.486 e. The van der Waals surface area contributed by atoms with E-state index in [0.717, 1.165) is 11.3 Å². The first-order valence-corrected chi connectivity index (χ1v) is 7.08. The maximum absolute atomic E-state index is 10.3. The molecule has 1 heterocycles. The molecule has 20 heavy (non-hydrogen) atoms. The molecule has 0 saturated carbocycles. The summed E-state index contributed by atoms with van der Waals surface area (Å²) in [6.07, 6.45) is 0.603. The summed E-state index contributed by atoms with van der Waals surface area (Å²) in [7, 11) is 1.65. The number of methoxy groups -OCH3 is 1. The lowest BCUT2D eigenvalue weighted by Gasteiger charge is -2.31. The number of hydrogen-bond donors (Lipinski definition) is 2. The second-order valence-corrected chi connectivity index (χ2v) is 6.30. The van der Waals surface area contributed by atoms with Crippen LogP contribution in [0.4, 0.5) is 0 Å². The third kappa shape index (κ3) is 3.32. The van der Waals surface area contributed by atoms with Crippen molar-refractivity contribution in [3.05, 3.63) is 29.8 Å². The number of fused-ring (bicyclic) bond motifs is 1. The van der Waals surface area contributed by atoms with Crippen LogP contribution in [0.15, 0.2) is 24.3 Å². The van der Waals surface area contributed by atoms with Crippen LogP contribution in [-0.2, 0) is 4.74 Å². The first kappa shape index (κ1) is 15.3. The van der Waals surface area contributed by atoms with Gasteiger partial charge in [0.15, 0.2) is 0 Å². The third-order valence-electron chi connectivity index (χ3n) is 3.83. The molecule has 1 aliphatic rings. The molecule has 1 aromatic carbocycles. The van der Waals surface area contributed by atoms with E-state index in [9.17, 15) is 5.11 Å². The van der Waals surface area contributed by atoms with Crippen LogP contribution in [-0.4, -0.2) is 36.6 Å². The van der Waals surface area contributed by atoms with Gasteiger partial charge >= 0.3 is 0 Å². The van der Waals surface area contributed by atoms with Gasteiger partial charge in [-0.25, -0.2) is 0 Å². The lowest BCUT2D eigenvalue weighted by molar-refractivity contribution is 0.0142. The minimum atomic E-state index is -0.788. The maximum atomic E-state index is 10.3. The van der Waals surface area contributed by atoms with Gasteiger partial charge in [-0.2, -0.15) is 0 Å². The molecule has 0 spiro atoms. The molecule has 2 unspecified atom stereocenters. The molecular weight excluding hydrogens is 254 g/mol. The Morgan fingerprint density at radius 3 is 2.80 bits per heavy atom. The lowest BCUT2D eigenvalue weighted by atomic mass is 9.93. The summed E-state index contributed by atoms with van der Waals surface area (Å²) in [4.78, 5) is 0. The zero-order valence-electron chi connectivity index (χ0n) is 12.8. The average Bonchev–Trinajstić information content (AvgIpc) is 2.64. The van der Waals surface area contributed by atoms with Gasteiger partial charge in [-0.3, -0.25) is 0 Å². The molecule has 4 heteroatoms. The highest BCUT2D eigenvalue weighted by atomic mass is 16.5. The molecule has 2 N–H and O–H groups in total. The minimum absolute atomic E-state index is 0.0766. The number of benzene rings is 1. The molecule has 0 bridgehead atoms. The number of nitrogens with one attached hydrogen (secondary N) is 1. The van der Waals surface area contributed by atoms with E-state index in [1.165, 1.54) is 0 Å². The molecule has 1 aliphatic heterocycles. The standard InChI is InChI=1S/C16H25NO3/c1-15(2)14(12-7-5-6-8-13(12)20-15)17-11-16(3,18)9-10-19-4/h5-8,14,17-18H,9-11H2,1-4H3. The molecule has 1 aromatic rings. The van der Waals surface area contributed by atoms with E-state index in [1.807, 2.05) is 25.1 Å². The van der Waals surface area contributed by atoms with Crippen LogP contribution in [0, 0.1) is 0 Å². The Balaban J connectivity index is 2.05. The highest BCUT2D eigenvalue weighted by Crippen LogP contribution is 2.42. The van der Waals surface area contributed by atoms with Crippen molar-refractivity contribution in [2.24, 2.45) is 0 Å². The second-order valence-electron chi connectivity index (χ2n) is 6.30. The average molecular weight is 279 g/mol. The molecule has 112 valence electrons. The van der Waals surface area contributed by atoms with Crippen LogP contribution in [0.1, 0.15) is 38.8 Å². The van der Waals surface area contributed by atoms with E-state index >= 15 is 0 Å². The fraction of sp³-hybridized carbons (Fsp3) is 0.625. The summed E-state index contributed by atoms with van der Waals surface area (Å²) in [6, 6.07) is 8.13. The van der Waals surface area contributed by atoms with Crippen molar-refractivity contribution in [3.8, 4) is 5.75 Å². The van der Waals surface area contributed by atoms with E-state index < -0.39 is 5.60 Å². The molecule has 0 saturated heterocycles. The van der Waals surface area contributed by atoms with Crippen LogP contribution in [0.5, 0.6) is 5.75 Å². The van der Waals surface area contributed by atoms with Crippen molar-refractivity contribution in [2.45, 2.75) is 44.4 Å². The molecule has 2 rings (SSSR count). The molecule has 0 amide bonds. The number of aliphatic hydroxyl groups is 1. The zero-order valence-corrected chi connectivity index (χ0v) is 12.8. The van der Waals surface area contributed by atoms with Crippen molar-refractivity contribution in [2.75, 3.05) is 20.3 Å². The Morgan fingerprint density at radius 2 is 2.10 bits per heavy atom. The normalized spacial score (nSPS) is 22.9. The van der Waals surface area contributed by atoms with Crippen molar-refractivity contribution in [1.82, 2.24) is 5.32 Å². The Kier molecular flexibility index (Phi) is 4.37. The number of rotatable bonds is 6. The monoisotopic (exact) mass is 279 g/mol. The highest BCUT2D eigenvalue weighted by molar-refractivity contribution is 5.42. The van der Waals surface area contributed by atoms with Gasteiger partial charge in [0.25, 0.3) is 0 Å². The fourth-order valence-electron chi connectivity index (χ4n) is 2.62. The summed E-state index contributed by atoms with van der Waals surface area (Å²) < 4.78 is 11.0. The predicted octanol–water partition coefficient (Wildman–Crippen LogP) is 2.28. The van der Waals surface area contributed by atoms with E-state index in [1.54, 1.807) is 7.11 Å². The number of hydrogen-bond acceptors (Lipinski definition) is 4. The molecule has 0 fully saturated rings. The van der Waals surface area contributed by atoms with Gasteiger partial charge in [0.1, 0.15) is 11.4 Å². The van der Waals surface area contributed by atoms with E-state index in [2.05, 4.69) is 25.2 Å². The van der Waals surface area contributed by atoms with E-state index in [0.29, 0.717) is 19.6 Å². The van der Waals surface area contributed by atoms with Gasteiger partial charge in [-0.05, 0) is 26.8 Å². The van der Waals surface area contributed by atoms with Crippen molar-refractivity contribution in [3.63, 3.8) is 0 Å². The van der Waals surface area contributed by atoms with Crippen molar-refractivity contribution in [1.29, 1.82) is 0 Å². The predicted molar refractivity (Wildman–Crippen MR) is 79.0 cm³/mol. The largest absolute Gasteiger partial charge is 0.486 e. The van der Waals surface area contributed by atoms with Gasteiger partial charge in [0, 0.05) is 32.2 Å². The molecular formula is C16H25NO3. The van der Waals surface area contributed by atoms with Crippen LogP contribution in [0.3, 0.4) is 0 Å². The van der Waals surface area contributed by atoms with Gasteiger partial charge in [-0.1, -0.05) is 18.2 Å². The SMILES string of the molecule is COCCC(C)(O)CNC1c2ccccc2OC1(C)C. The summed E-state index contributed by atoms with van der Waals surface area (Å²) in [5.41, 5.74) is 0.0463. The van der Waals surface area contributed by atoms with Crippen molar-refractivity contribution >= 4 is 0 Å². The van der Waals surface area contributed by atoms with Crippen LogP contribution >= 0.6 is 0 Å². The van der Waals surface area contributed by atoms with Crippen molar-refractivity contribution < 1.29 is 14.6 Å². The van der Waals surface area contributed by atoms with Gasteiger partial charge < -0.3 is 19.9 Å². The third-order valence-corrected chi connectivity index (χ3v) is 3.83. The summed E-state index contributed by atoms with van der Waals surface area (Å²) in [6.45, 7) is 7.01. The molecule has 2 atom stereocenters. The summed E-state index contributed by atoms with van der Waals surface area (Å²) in [5.74, 6) is 0.923. The summed E-state index contributed by atoms with van der Waals surface area (Å²) >= 11 is 0.